The van der Waals surface area contributed by atoms with Crippen LogP contribution in [0.2, 0.25) is 0 Å². The van der Waals surface area contributed by atoms with Gasteiger partial charge in [0.05, 0.1) is 0 Å². The number of aliphatic carboxylic acids is 1. The largest absolute Gasteiger partial charge is 0.477 e. The third-order valence-electron chi connectivity index (χ3n) is 10.0. The van der Waals surface area contributed by atoms with Gasteiger partial charge in [-0.3, -0.25) is 0 Å². The van der Waals surface area contributed by atoms with Crippen molar-refractivity contribution in [2.24, 2.45) is 0 Å². The maximum Gasteiger partial charge on any atom is 0.346 e. The normalized spacial score (nSPS) is 11.3. The zero-order chi connectivity index (χ0) is 39.9. The Bertz CT molecular complexity index is 2620. The van der Waals surface area contributed by atoms with Crippen LogP contribution in [-0.4, -0.2) is 11.1 Å². The molecule has 0 aliphatic rings. The Labute approximate surface area is 335 Å². The van der Waals surface area contributed by atoms with E-state index in [-0.39, 0.29) is 5.57 Å². The van der Waals surface area contributed by atoms with Crippen LogP contribution in [0.1, 0.15) is 38.9 Å². The van der Waals surface area contributed by atoms with Crippen molar-refractivity contribution < 1.29 is 9.90 Å². The number of hydrogen-bond donors (Lipinski definition) is 1. The molecule has 0 unspecified atom stereocenters. The summed E-state index contributed by atoms with van der Waals surface area (Å²) in [5.74, 6) is -1.24. The summed E-state index contributed by atoms with van der Waals surface area (Å²) < 4.78 is 0. The lowest BCUT2D eigenvalue weighted by atomic mass is 10.0. The summed E-state index contributed by atoms with van der Waals surface area (Å²) in [6, 6.07) is 58.9. The summed E-state index contributed by atoms with van der Waals surface area (Å²) in [4.78, 5) is 15.8. The highest BCUT2D eigenvalue weighted by Crippen LogP contribution is 2.40. The number of nitrogens with zero attached hydrogens (tertiary/aromatic N) is 3. The number of rotatable bonds is 11. The lowest BCUT2D eigenvalue weighted by molar-refractivity contribution is -0.132. The average Bonchev–Trinajstić information content (AvgIpc) is 3.22. The van der Waals surface area contributed by atoms with Crippen molar-refractivity contribution in [1.82, 2.24) is 0 Å². The van der Waals surface area contributed by atoms with Crippen LogP contribution in [0.25, 0.3) is 29.4 Å². The van der Waals surface area contributed by atoms with Crippen molar-refractivity contribution >= 4 is 58.3 Å². The molecule has 0 saturated heterocycles. The van der Waals surface area contributed by atoms with Crippen LogP contribution in [0, 0.1) is 39.0 Å². The van der Waals surface area contributed by atoms with Gasteiger partial charge in [-0.15, -0.1) is 0 Å². The van der Waals surface area contributed by atoms with Crippen LogP contribution in [-0.2, 0) is 4.79 Å². The van der Waals surface area contributed by atoms with Crippen molar-refractivity contribution in [1.29, 1.82) is 5.26 Å². The first kappa shape index (κ1) is 37.9. The molecule has 0 bridgehead atoms. The second kappa shape index (κ2) is 16.9. The lowest BCUT2D eigenvalue weighted by Crippen LogP contribution is -2.11. The van der Waals surface area contributed by atoms with E-state index in [4.69, 9.17) is 10.4 Å². The molecule has 0 radical (unpaired) electrons. The minimum absolute atomic E-state index is 0.297. The molecule has 0 aliphatic carbocycles. The van der Waals surface area contributed by atoms with Gasteiger partial charge in [-0.25, -0.2) is 4.79 Å². The molecule has 5 heteroatoms. The molecule has 1 N–H and O–H groups in total. The van der Waals surface area contributed by atoms with Gasteiger partial charge in [0.2, 0.25) is 0 Å². The number of hydrogen-bond acceptors (Lipinski definition) is 4. The van der Waals surface area contributed by atoms with Gasteiger partial charge in [-0.2, -0.15) is 5.26 Å². The first-order valence-electron chi connectivity index (χ1n) is 18.9. The van der Waals surface area contributed by atoms with Crippen molar-refractivity contribution in [3.63, 3.8) is 0 Å². The Hall–Kier alpha value is -7.42. The molecule has 0 amide bonds. The quantitative estimate of drug-likeness (QED) is 0.0812. The molecule has 57 heavy (non-hydrogen) atoms. The molecule has 0 saturated carbocycles. The summed E-state index contributed by atoms with van der Waals surface area (Å²) >= 11 is 0. The molecule has 7 aromatic rings. The van der Waals surface area contributed by atoms with E-state index in [0.717, 1.165) is 56.4 Å². The molecule has 0 heterocycles. The fourth-order valence-electron chi connectivity index (χ4n) is 7.09. The van der Waals surface area contributed by atoms with Gasteiger partial charge < -0.3 is 14.9 Å². The Balaban J connectivity index is 1.14. The average molecular weight is 742 g/mol. The highest BCUT2D eigenvalue weighted by molar-refractivity contribution is 5.96. The number of carboxylic acids is 1. The third-order valence-corrected chi connectivity index (χ3v) is 10.0. The summed E-state index contributed by atoms with van der Waals surface area (Å²) in [5, 5.41) is 18.2. The van der Waals surface area contributed by atoms with E-state index >= 15 is 0 Å². The van der Waals surface area contributed by atoms with E-state index in [9.17, 15) is 4.79 Å². The minimum atomic E-state index is -1.24. The fraction of sp³-hybridized carbons (Fsp3) is 0.0769. The van der Waals surface area contributed by atoms with Gasteiger partial charge in [0, 0.05) is 34.1 Å². The van der Waals surface area contributed by atoms with E-state index in [2.05, 4.69) is 183 Å². The Morgan fingerprint density at radius 1 is 0.509 bits per heavy atom. The molecule has 7 aromatic carbocycles. The predicted molar refractivity (Wildman–Crippen MR) is 237 cm³/mol. The van der Waals surface area contributed by atoms with Gasteiger partial charge >= 0.3 is 5.97 Å². The van der Waals surface area contributed by atoms with Crippen LogP contribution in [0.15, 0.2) is 169 Å². The molecule has 0 atom stereocenters. The van der Waals surface area contributed by atoms with E-state index in [0.29, 0.717) is 5.56 Å². The fourth-order valence-corrected chi connectivity index (χ4v) is 7.09. The first-order valence-corrected chi connectivity index (χ1v) is 18.9. The minimum Gasteiger partial charge on any atom is -0.477 e. The maximum absolute atomic E-state index is 11.2. The van der Waals surface area contributed by atoms with Crippen LogP contribution >= 0.6 is 0 Å². The summed E-state index contributed by atoms with van der Waals surface area (Å²) in [6.45, 7) is 8.58. The highest BCUT2D eigenvalue weighted by atomic mass is 16.4. The third kappa shape index (κ3) is 8.78. The monoisotopic (exact) mass is 741 g/mol. The predicted octanol–water partition coefficient (Wildman–Crippen LogP) is 13.7. The van der Waals surface area contributed by atoms with Crippen LogP contribution < -0.4 is 9.80 Å². The number of para-hydroxylation sites is 1. The lowest BCUT2D eigenvalue weighted by Gasteiger charge is -2.28. The molecular weight excluding hydrogens is 699 g/mol. The number of benzene rings is 7. The SMILES string of the molecule is Cc1ccc(N(c2ccccc2)c2ccc(-c3ccc(N(c4ccc(/C=C/c5ccc(/C=C(/C#N)C(=O)O)cc5)cc4)c4ccc(C)cc4C)cc3)cc2)c(C)c1. The molecule has 0 fully saturated rings. The summed E-state index contributed by atoms with van der Waals surface area (Å²) in [5.41, 5.74) is 16.1. The Morgan fingerprint density at radius 2 is 0.895 bits per heavy atom. The molecule has 7 rings (SSSR count). The number of anilines is 6. The second-order valence-electron chi connectivity index (χ2n) is 14.2. The standard InChI is InChI=1S/C52H43N3O2/c1-36-10-30-50(38(3)32-36)54(46-8-6-5-7-9-46)48-26-20-43(21-27-48)44-22-28-49(29-23-44)55(51-31-11-37(2)33-39(51)4)47-24-18-41(19-25-47)13-12-40-14-16-42(17-15-40)34-45(35-53)52(56)57/h5-34H,1-4H3,(H,56,57)/b13-12+,45-34-. The molecule has 5 nitrogen and oxygen atoms in total. The first-order chi connectivity index (χ1) is 27.7. The number of nitriles is 1. The van der Waals surface area contributed by atoms with Crippen molar-refractivity contribution in [2.75, 3.05) is 9.80 Å². The highest BCUT2D eigenvalue weighted by Gasteiger charge is 2.17. The van der Waals surface area contributed by atoms with Crippen LogP contribution in [0.5, 0.6) is 0 Å². The number of carboxylic acid groups (broad SMARTS) is 1. The Kier molecular flexibility index (Phi) is 11.3. The van der Waals surface area contributed by atoms with Crippen molar-refractivity contribution in [3.8, 4) is 17.2 Å². The van der Waals surface area contributed by atoms with Gasteiger partial charge in [0.1, 0.15) is 11.6 Å². The van der Waals surface area contributed by atoms with Crippen LogP contribution in [0.4, 0.5) is 34.1 Å². The smallest absolute Gasteiger partial charge is 0.346 e. The zero-order valence-corrected chi connectivity index (χ0v) is 32.5. The van der Waals surface area contributed by atoms with Gasteiger partial charge in [0.15, 0.2) is 0 Å². The number of aryl methyl sites for hydroxylation is 4. The molecule has 0 aromatic heterocycles. The van der Waals surface area contributed by atoms with Crippen molar-refractivity contribution in [3.05, 3.63) is 208 Å². The number of carbonyl (C=O) groups is 1. The van der Waals surface area contributed by atoms with E-state index in [1.54, 1.807) is 18.2 Å². The van der Waals surface area contributed by atoms with Crippen molar-refractivity contribution in [2.45, 2.75) is 27.7 Å². The second-order valence-corrected chi connectivity index (χ2v) is 14.2. The van der Waals surface area contributed by atoms with E-state index in [1.807, 2.05) is 18.2 Å². The summed E-state index contributed by atoms with van der Waals surface area (Å²) in [7, 11) is 0. The Morgan fingerprint density at radius 3 is 1.30 bits per heavy atom. The molecule has 0 spiro atoms. The topological polar surface area (TPSA) is 67.6 Å². The van der Waals surface area contributed by atoms with Gasteiger partial charge in [-0.1, -0.05) is 126 Å². The van der Waals surface area contributed by atoms with E-state index < -0.39 is 5.97 Å². The summed E-state index contributed by atoms with van der Waals surface area (Å²) in [6.07, 6.45) is 5.44. The van der Waals surface area contributed by atoms with Gasteiger partial charge in [0.25, 0.3) is 0 Å². The maximum atomic E-state index is 11.2. The van der Waals surface area contributed by atoms with Gasteiger partial charge in [-0.05, 0) is 133 Å². The molecule has 0 aliphatic heterocycles. The molecular formula is C52H43N3O2. The van der Waals surface area contributed by atoms with Crippen LogP contribution in [0.3, 0.4) is 0 Å². The van der Waals surface area contributed by atoms with E-state index in [1.165, 1.54) is 28.3 Å². The molecule has 278 valence electrons. The zero-order valence-electron chi connectivity index (χ0n) is 32.5.